The molecule has 0 aliphatic heterocycles. The Hall–Kier alpha value is -0.720. The molecule has 0 unspecified atom stereocenters. The average Bonchev–Trinajstić information content (AvgIpc) is 2.76. The van der Waals surface area contributed by atoms with Gasteiger partial charge in [-0.05, 0) is 10.3 Å². The summed E-state index contributed by atoms with van der Waals surface area (Å²) >= 11 is 5.84. The molecule has 0 bridgehead atoms. The van der Waals surface area contributed by atoms with Crippen LogP contribution < -0.4 is 4.67 Å². The number of nitrogens with zero attached hydrogens (tertiary/aromatic N) is 3. The molecule has 0 aliphatic rings. The Kier molecular flexibility index (Phi) is 3.14. The van der Waals surface area contributed by atoms with E-state index in [-0.39, 0.29) is 5.41 Å². The molecule has 0 fully saturated rings. The number of aromatic nitrogens is 2. The third-order valence-corrected chi connectivity index (χ3v) is 4.03. The van der Waals surface area contributed by atoms with Crippen molar-refractivity contribution in [2.24, 2.45) is 4.99 Å². The molecule has 2 rings (SSSR count). The van der Waals surface area contributed by atoms with Crippen molar-refractivity contribution in [2.75, 3.05) is 0 Å². The molecule has 7 heteroatoms. The maximum atomic E-state index is 5.84. The first-order valence-electron chi connectivity index (χ1n) is 4.60. The predicted octanol–water partition coefficient (Wildman–Crippen LogP) is 3.38. The van der Waals surface area contributed by atoms with Gasteiger partial charge >= 0.3 is 0 Å². The van der Waals surface area contributed by atoms with Crippen molar-refractivity contribution in [1.29, 1.82) is 0 Å². The molecule has 0 amide bonds. The van der Waals surface area contributed by atoms with Crippen molar-refractivity contribution in [3.05, 3.63) is 21.7 Å². The zero-order valence-electron chi connectivity index (χ0n) is 9.02. The number of rotatable bonds is 1. The van der Waals surface area contributed by atoms with E-state index < -0.39 is 0 Å². The first kappa shape index (κ1) is 11.8. The van der Waals surface area contributed by atoms with Crippen LogP contribution in [-0.2, 0) is 5.41 Å². The molecule has 0 aliphatic carbocycles. The maximum absolute atomic E-state index is 5.84. The van der Waals surface area contributed by atoms with E-state index in [1.54, 1.807) is 0 Å². The second kappa shape index (κ2) is 4.27. The lowest BCUT2D eigenvalue weighted by molar-refractivity contribution is 0.330. The minimum absolute atomic E-state index is 0.0686. The molecule has 0 atom stereocenters. The highest BCUT2D eigenvalue weighted by Gasteiger charge is 2.19. The summed E-state index contributed by atoms with van der Waals surface area (Å²) in [5.41, 5.74) is -0.0686. The van der Waals surface area contributed by atoms with E-state index in [1.165, 1.54) is 20.9 Å². The fraction of sp³-hybridized carbons (Fsp3) is 0.444. The quantitative estimate of drug-likeness (QED) is 0.750. The standard InChI is InChI=1S/C9H10ClN3OS2/c1-9(2,3)5-4-6(12-14-5)11-8-7(10)13-16-15-8/h4H,1-3H3. The summed E-state index contributed by atoms with van der Waals surface area (Å²) in [6.07, 6.45) is 0. The molecule has 2 aromatic rings. The molecule has 0 radical (unpaired) electrons. The fourth-order valence-electron chi connectivity index (χ4n) is 1.00. The van der Waals surface area contributed by atoms with Gasteiger partial charge in [-0.1, -0.05) is 37.5 Å². The van der Waals surface area contributed by atoms with Crippen molar-refractivity contribution in [3.63, 3.8) is 0 Å². The molecular formula is C9H10ClN3OS2. The second-order valence-corrected chi connectivity index (χ2v) is 6.45. The van der Waals surface area contributed by atoms with E-state index in [0.717, 1.165) is 5.76 Å². The number of halogens is 1. The Morgan fingerprint density at radius 2 is 2.19 bits per heavy atom. The molecule has 0 saturated carbocycles. The lowest BCUT2D eigenvalue weighted by Crippen LogP contribution is -2.08. The third-order valence-electron chi connectivity index (χ3n) is 1.86. The molecule has 0 spiro atoms. The molecule has 0 N–H and O–H groups in total. The highest BCUT2D eigenvalue weighted by Crippen LogP contribution is 2.25. The maximum Gasteiger partial charge on any atom is 0.196 e. The summed E-state index contributed by atoms with van der Waals surface area (Å²) in [5, 5.41) is 4.29. The van der Waals surface area contributed by atoms with Crippen molar-refractivity contribution in [1.82, 2.24) is 9.53 Å². The fourth-order valence-corrected chi connectivity index (χ4v) is 2.98. The van der Waals surface area contributed by atoms with Crippen LogP contribution in [0.1, 0.15) is 26.5 Å². The average molecular weight is 276 g/mol. The Labute approximate surface area is 105 Å². The minimum Gasteiger partial charge on any atom is -0.359 e. The molecule has 0 aromatic carbocycles. The Morgan fingerprint density at radius 3 is 2.69 bits per heavy atom. The summed E-state index contributed by atoms with van der Waals surface area (Å²) in [6.45, 7) is 6.16. The zero-order chi connectivity index (χ0) is 11.8. The van der Waals surface area contributed by atoms with Crippen LogP contribution in [0.4, 0.5) is 5.82 Å². The minimum atomic E-state index is -0.0686. The molecule has 4 nitrogen and oxygen atoms in total. The summed E-state index contributed by atoms with van der Waals surface area (Å²) in [6, 6.07) is 1.82. The first-order chi connectivity index (χ1) is 7.47. The van der Waals surface area contributed by atoms with Crippen LogP contribution in [0, 0.1) is 0 Å². The van der Waals surface area contributed by atoms with Crippen LogP contribution in [0.25, 0.3) is 0 Å². The van der Waals surface area contributed by atoms with Crippen molar-refractivity contribution in [3.8, 4) is 0 Å². The van der Waals surface area contributed by atoms with Crippen LogP contribution >= 0.6 is 32.5 Å². The van der Waals surface area contributed by atoms with Gasteiger partial charge in [0.25, 0.3) is 0 Å². The van der Waals surface area contributed by atoms with Crippen molar-refractivity contribution < 1.29 is 4.52 Å². The monoisotopic (exact) mass is 275 g/mol. The Bertz CT molecular complexity index is 549. The van der Waals surface area contributed by atoms with Gasteiger partial charge in [-0.15, -0.1) is 0 Å². The molecule has 16 heavy (non-hydrogen) atoms. The highest BCUT2D eigenvalue weighted by molar-refractivity contribution is 7.66. The van der Waals surface area contributed by atoms with Crippen molar-refractivity contribution in [2.45, 2.75) is 26.2 Å². The number of hydrogen-bond acceptors (Lipinski definition) is 6. The van der Waals surface area contributed by atoms with Gasteiger partial charge in [-0.25, -0.2) is 4.99 Å². The van der Waals surface area contributed by atoms with Gasteiger partial charge in [0.1, 0.15) is 5.76 Å². The largest absolute Gasteiger partial charge is 0.359 e. The smallest absolute Gasteiger partial charge is 0.196 e. The van der Waals surface area contributed by atoms with Gasteiger partial charge in [0.05, 0.1) is 0 Å². The molecule has 86 valence electrons. The Balaban J connectivity index is 2.38. The van der Waals surface area contributed by atoms with Gasteiger partial charge in [0.2, 0.25) is 0 Å². The van der Waals surface area contributed by atoms with E-state index in [1.807, 2.05) is 6.07 Å². The van der Waals surface area contributed by atoms with Crippen LogP contribution in [0.2, 0.25) is 5.15 Å². The number of hydrogen-bond donors (Lipinski definition) is 0. The summed E-state index contributed by atoms with van der Waals surface area (Å²) in [4.78, 5) is 4.26. The van der Waals surface area contributed by atoms with Crippen LogP contribution in [0.15, 0.2) is 15.6 Å². The van der Waals surface area contributed by atoms with Crippen LogP contribution in [0.3, 0.4) is 0 Å². The van der Waals surface area contributed by atoms with Gasteiger partial charge in [-0.2, -0.15) is 4.37 Å². The van der Waals surface area contributed by atoms with Gasteiger partial charge in [-0.3, -0.25) is 0 Å². The molecule has 2 aromatic heterocycles. The van der Waals surface area contributed by atoms with Gasteiger partial charge < -0.3 is 4.52 Å². The van der Waals surface area contributed by atoms with Gasteiger partial charge in [0, 0.05) is 22.0 Å². The van der Waals surface area contributed by atoms with Crippen LogP contribution in [0.5, 0.6) is 0 Å². The molecular weight excluding hydrogens is 266 g/mol. The normalized spacial score (nSPS) is 13.4. The van der Waals surface area contributed by atoms with E-state index in [9.17, 15) is 0 Å². The molecule has 2 heterocycles. The third kappa shape index (κ3) is 2.50. The lowest BCUT2D eigenvalue weighted by atomic mass is 9.93. The SMILES string of the molecule is CC(C)(C)c1cc(N=c2ssnc2Cl)no1. The van der Waals surface area contributed by atoms with E-state index >= 15 is 0 Å². The Morgan fingerprint density at radius 1 is 1.44 bits per heavy atom. The van der Waals surface area contributed by atoms with E-state index in [4.69, 9.17) is 16.1 Å². The summed E-state index contributed by atoms with van der Waals surface area (Å²) in [7, 11) is 2.72. The topological polar surface area (TPSA) is 51.3 Å². The zero-order valence-corrected chi connectivity index (χ0v) is 11.4. The lowest BCUT2D eigenvalue weighted by Gasteiger charge is -2.11. The second-order valence-electron chi connectivity index (χ2n) is 4.26. The molecule has 0 saturated heterocycles. The highest BCUT2D eigenvalue weighted by atomic mass is 35.5. The first-order valence-corrected chi connectivity index (χ1v) is 7.09. The summed E-state index contributed by atoms with van der Waals surface area (Å²) in [5.74, 6) is 1.33. The van der Waals surface area contributed by atoms with E-state index in [2.05, 4.69) is 35.3 Å². The van der Waals surface area contributed by atoms with E-state index in [0.29, 0.717) is 15.6 Å². The van der Waals surface area contributed by atoms with Crippen molar-refractivity contribution >= 4 is 38.3 Å². The predicted molar refractivity (Wildman–Crippen MR) is 65.4 cm³/mol. The van der Waals surface area contributed by atoms with Crippen LogP contribution in [-0.4, -0.2) is 9.53 Å². The summed E-state index contributed by atoms with van der Waals surface area (Å²) < 4.78 is 9.83. The van der Waals surface area contributed by atoms with Gasteiger partial charge in [0.15, 0.2) is 15.6 Å².